The number of aromatic nitrogens is 1. The van der Waals surface area contributed by atoms with Gasteiger partial charge in [0.2, 0.25) is 5.88 Å². The number of Topliss-reactive ketones (excluding diaryl/α,β-unsaturated/α-hetero) is 1. The highest BCUT2D eigenvalue weighted by Crippen LogP contribution is 2.38. The van der Waals surface area contributed by atoms with Crippen LogP contribution in [0.1, 0.15) is 42.7 Å². The Morgan fingerprint density at radius 2 is 2.00 bits per heavy atom. The van der Waals surface area contributed by atoms with E-state index in [1.807, 2.05) is 6.92 Å². The molecule has 1 aliphatic heterocycles. The number of alkyl halides is 3. The van der Waals surface area contributed by atoms with Gasteiger partial charge >= 0.3 is 21.6 Å². The van der Waals surface area contributed by atoms with E-state index in [0.717, 1.165) is 6.42 Å². The van der Waals surface area contributed by atoms with Gasteiger partial charge in [-0.3, -0.25) is 9.59 Å². The number of nitrogens with zero attached hydrogens (tertiary/aromatic N) is 2. The molecule has 0 aliphatic carbocycles. The molecule has 1 aromatic heterocycles. The lowest BCUT2D eigenvalue weighted by molar-refractivity contribution is -0.145. The van der Waals surface area contributed by atoms with Gasteiger partial charge in [-0.05, 0) is 26.3 Å². The van der Waals surface area contributed by atoms with E-state index in [0.29, 0.717) is 13.0 Å². The Kier molecular flexibility index (Phi) is 6.76. The fourth-order valence-corrected chi connectivity index (χ4v) is 3.30. The zero-order valence-electron chi connectivity index (χ0n) is 16.1. The van der Waals surface area contributed by atoms with Crippen LogP contribution in [-0.4, -0.2) is 50.4 Å². The number of hydrogen-bond donors (Lipinski definition) is 0. The van der Waals surface area contributed by atoms with Crippen LogP contribution in [0, 0.1) is 12.8 Å². The van der Waals surface area contributed by atoms with Crippen molar-refractivity contribution in [3.63, 3.8) is 0 Å². The first kappa shape index (κ1) is 22.9. The highest BCUT2D eigenvalue weighted by molar-refractivity contribution is 7.88. The molecule has 162 valence electrons. The number of hydrogen-bond acceptors (Lipinski definition) is 8. The second kappa shape index (κ2) is 8.56. The number of carbonyl (C=O) groups excluding carboxylic acids is 2. The van der Waals surface area contributed by atoms with Crippen LogP contribution in [0.4, 0.5) is 18.9 Å². The topological polar surface area (TPSA) is 103 Å². The number of ether oxygens (including phenoxy) is 1. The average Bonchev–Trinajstić information content (AvgIpc) is 2.59. The summed E-state index contributed by atoms with van der Waals surface area (Å²) in [6.45, 7) is 5.24. The number of pyridine rings is 1. The van der Waals surface area contributed by atoms with E-state index in [4.69, 9.17) is 4.74 Å². The Bertz CT molecular complexity index is 901. The zero-order valence-corrected chi connectivity index (χ0v) is 16.9. The molecule has 1 aliphatic rings. The summed E-state index contributed by atoms with van der Waals surface area (Å²) in [4.78, 5) is 30.4. The third-order valence-electron chi connectivity index (χ3n) is 4.22. The van der Waals surface area contributed by atoms with Crippen LogP contribution < -0.4 is 9.08 Å². The van der Waals surface area contributed by atoms with Gasteiger partial charge in [0.05, 0.1) is 12.3 Å². The fraction of sp³-hybridized carbons (Fsp3) is 0.588. The minimum Gasteiger partial charge on any atom is -0.465 e. The first-order valence-electron chi connectivity index (χ1n) is 8.91. The Balaban J connectivity index is 2.62. The van der Waals surface area contributed by atoms with Crippen molar-refractivity contribution in [3.8, 4) is 5.88 Å². The molecule has 0 N–H and O–H groups in total. The van der Waals surface area contributed by atoms with E-state index in [-0.39, 0.29) is 24.5 Å². The lowest BCUT2D eigenvalue weighted by atomic mass is 9.91. The Morgan fingerprint density at radius 3 is 2.55 bits per heavy atom. The second-order valence-corrected chi connectivity index (χ2v) is 7.95. The van der Waals surface area contributed by atoms with E-state index in [9.17, 15) is 31.2 Å². The molecule has 29 heavy (non-hydrogen) atoms. The van der Waals surface area contributed by atoms with E-state index in [1.165, 1.54) is 13.0 Å². The van der Waals surface area contributed by atoms with Crippen LogP contribution in [0.2, 0.25) is 0 Å². The lowest BCUT2D eigenvalue weighted by Crippen LogP contribution is -2.44. The molecule has 0 aromatic carbocycles. The molecular weight excluding hydrogens is 417 g/mol. The summed E-state index contributed by atoms with van der Waals surface area (Å²) in [6, 6.07) is 1.44. The van der Waals surface area contributed by atoms with Gasteiger partial charge in [0.15, 0.2) is 5.78 Å². The number of esters is 1. The number of unbranched alkanes of at least 4 members (excludes halogenated alkanes) is 1. The van der Waals surface area contributed by atoms with Crippen LogP contribution in [-0.2, 0) is 19.6 Å². The first-order chi connectivity index (χ1) is 13.4. The molecular formula is C17H21F3N2O6S. The zero-order chi connectivity index (χ0) is 22.0. The summed E-state index contributed by atoms with van der Waals surface area (Å²) in [5, 5.41) is 0. The van der Waals surface area contributed by atoms with Crippen molar-refractivity contribution in [2.24, 2.45) is 5.92 Å². The number of halogens is 3. The number of aryl methyl sites for hydroxylation is 1. The molecule has 1 atom stereocenters. The lowest BCUT2D eigenvalue weighted by Gasteiger charge is -2.34. The molecule has 0 fully saturated rings. The van der Waals surface area contributed by atoms with E-state index in [1.54, 1.807) is 11.8 Å². The van der Waals surface area contributed by atoms with Gasteiger partial charge in [-0.1, -0.05) is 13.3 Å². The van der Waals surface area contributed by atoms with Gasteiger partial charge in [-0.15, -0.1) is 0 Å². The monoisotopic (exact) mass is 438 g/mol. The second-order valence-electron chi connectivity index (χ2n) is 6.41. The van der Waals surface area contributed by atoms with Gasteiger partial charge in [0, 0.05) is 18.8 Å². The molecule has 0 amide bonds. The molecule has 0 radical (unpaired) electrons. The summed E-state index contributed by atoms with van der Waals surface area (Å²) in [7, 11) is -6.06. The summed E-state index contributed by atoms with van der Waals surface area (Å²) in [5.74, 6) is -4.08. The van der Waals surface area contributed by atoms with Gasteiger partial charge in [-0.25, -0.2) is 4.98 Å². The molecule has 1 aromatic rings. The molecule has 2 heterocycles. The molecule has 12 heteroatoms. The van der Waals surface area contributed by atoms with E-state index in [2.05, 4.69) is 9.17 Å². The molecule has 0 saturated carbocycles. The van der Waals surface area contributed by atoms with Crippen LogP contribution in [0.15, 0.2) is 6.07 Å². The van der Waals surface area contributed by atoms with Crippen molar-refractivity contribution in [2.75, 3.05) is 24.6 Å². The molecule has 0 bridgehead atoms. The molecule has 0 saturated heterocycles. The highest BCUT2D eigenvalue weighted by Gasteiger charge is 2.50. The smallest absolute Gasteiger partial charge is 0.465 e. The van der Waals surface area contributed by atoms with Crippen LogP contribution >= 0.6 is 0 Å². The highest BCUT2D eigenvalue weighted by atomic mass is 32.2. The van der Waals surface area contributed by atoms with Crippen molar-refractivity contribution < 1.29 is 40.1 Å². The summed E-state index contributed by atoms with van der Waals surface area (Å²) in [6.07, 6.45) is 1.45. The van der Waals surface area contributed by atoms with Gasteiger partial charge < -0.3 is 13.8 Å². The number of rotatable bonds is 7. The number of anilines is 1. The average molecular weight is 438 g/mol. The summed E-state index contributed by atoms with van der Waals surface area (Å²) < 4.78 is 70.4. The quantitative estimate of drug-likeness (QED) is 0.277. The number of fused-ring (bicyclic) bond motifs is 1. The predicted molar refractivity (Wildman–Crippen MR) is 96.2 cm³/mol. The SMILES string of the molecule is CCCCN1CC(C(=O)OCC)C(=O)c2c1cc(C)nc2OS(=O)(=O)C(F)(F)F. The minimum absolute atomic E-state index is 0.00237. The van der Waals surface area contributed by atoms with Crippen LogP contribution in [0.3, 0.4) is 0 Å². The maximum atomic E-state index is 12.9. The van der Waals surface area contributed by atoms with Crippen molar-refractivity contribution in [1.82, 2.24) is 4.98 Å². The van der Waals surface area contributed by atoms with Gasteiger partial charge in [0.25, 0.3) is 0 Å². The van der Waals surface area contributed by atoms with Crippen molar-refractivity contribution >= 4 is 27.6 Å². The molecule has 0 spiro atoms. The third-order valence-corrected chi connectivity index (χ3v) is 5.17. The molecule has 8 nitrogen and oxygen atoms in total. The number of carbonyl (C=O) groups is 2. The van der Waals surface area contributed by atoms with Crippen molar-refractivity contribution in [3.05, 3.63) is 17.3 Å². The Hall–Kier alpha value is -2.37. The molecule has 1 unspecified atom stereocenters. The third kappa shape index (κ3) is 4.80. The first-order valence-corrected chi connectivity index (χ1v) is 10.3. The van der Waals surface area contributed by atoms with Crippen molar-refractivity contribution in [2.45, 2.75) is 39.1 Å². The maximum Gasteiger partial charge on any atom is 0.534 e. The normalized spacial score (nSPS) is 17.1. The molecule has 2 rings (SSSR count). The Labute approximate surface area is 166 Å². The van der Waals surface area contributed by atoms with E-state index >= 15 is 0 Å². The van der Waals surface area contributed by atoms with E-state index < -0.39 is 44.7 Å². The maximum absolute atomic E-state index is 12.9. The predicted octanol–water partition coefficient (Wildman–Crippen LogP) is 2.60. The fourth-order valence-electron chi connectivity index (χ4n) is 2.88. The minimum atomic E-state index is -6.06. The van der Waals surface area contributed by atoms with Crippen LogP contribution in [0.5, 0.6) is 5.88 Å². The number of ketones is 1. The standard InChI is InChI=1S/C17H21F3N2O6S/c1-4-6-7-22-9-11(16(24)27-5-2)14(23)13-12(22)8-10(3)21-15(13)28-29(25,26)17(18,19)20/h8,11H,4-7,9H2,1-3H3. The Morgan fingerprint density at radius 1 is 1.34 bits per heavy atom. The van der Waals surface area contributed by atoms with Crippen molar-refractivity contribution in [1.29, 1.82) is 0 Å². The summed E-state index contributed by atoms with van der Waals surface area (Å²) >= 11 is 0. The summed E-state index contributed by atoms with van der Waals surface area (Å²) in [5.41, 5.74) is -5.86. The largest absolute Gasteiger partial charge is 0.534 e. The van der Waals surface area contributed by atoms with Gasteiger partial charge in [0.1, 0.15) is 11.5 Å². The van der Waals surface area contributed by atoms with Crippen LogP contribution in [0.25, 0.3) is 0 Å². The van der Waals surface area contributed by atoms with Gasteiger partial charge in [-0.2, -0.15) is 21.6 Å².